The number of nitrogens with two attached hydrogens (primary N) is 1. The van der Waals surface area contributed by atoms with Gasteiger partial charge in [-0.15, -0.1) is 0 Å². The van der Waals surface area contributed by atoms with Gasteiger partial charge in [0.15, 0.2) is 0 Å². The molecule has 102 valence electrons. The van der Waals surface area contributed by atoms with Gasteiger partial charge in [0.2, 0.25) is 5.91 Å². The standard InChI is InChI=1S/C15H20N2OS/c1-3-11-7-14(18)17(8-11)9-13-5-4-12(15(16)19)6-10(13)2/h4-6,11H,3,7-9H2,1-2H3,(H2,16,19). The number of thiocarbonyl (C=S) groups is 1. The summed E-state index contributed by atoms with van der Waals surface area (Å²) < 4.78 is 0. The molecule has 1 atom stereocenters. The van der Waals surface area contributed by atoms with Crippen LogP contribution in [-0.2, 0) is 11.3 Å². The number of rotatable bonds is 4. The minimum atomic E-state index is 0.268. The summed E-state index contributed by atoms with van der Waals surface area (Å²) >= 11 is 4.97. The molecule has 1 saturated heterocycles. The van der Waals surface area contributed by atoms with Gasteiger partial charge in [0.1, 0.15) is 4.99 Å². The third kappa shape index (κ3) is 3.13. The van der Waals surface area contributed by atoms with E-state index in [9.17, 15) is 4.79 Å². The van der Waals surface area contributed by atoms with Crippen LogP contribution in [0, 0.1) is 12.8 Å². The van der Waals surface area contributed by atoms with Gasteiger partial charge in [0.05, 0.1) is 0 Å². The molecule has 1 aliphatic heterocycles. The van der Waals surface area contributed by atoms with Crippen molar-refractivity contribution in [2.45, 2.75) is 33.2 Å². The predicted octanol–water partition coefficient (Wildman–Crippen LogP) is 2.39. The van der Waals surface area contributed by atoms with Crippen LogP contribution in [-0.4, -0.2) is 22.3 Å². The summed E-state index contributed by atoms with van der Waals surface area (Å²) in [4.78, 5) is 14.3. The fraction of sp³-hybridized carbons (Fsp3) is 0.467. The number of benzene rings is 1. The van der Waals surface area contributed by atoms with Crippen LogP contribution in [0.2, 0.25) is 0 Å². The lowest BCUT2D eigenvalue weighted by atomic mass is 10.0. The Morgan fingerprint density at radius 3 is 2.79 bits per heavy atom. The molecule has 1 aromatic rings. The first-order valence-corrected chi connectivity index (χ1v) is 7.09. The number of aryl methyl sites for hydroxylation is 1. The highest BCUT2D eigenvalue weighted by Gasteiger charge is 2.28. The van der Waals surface area contributed by atoms with Crippen LogP contribution in [0.5, 0.6) is 0 Å². The lowest BCUT2D eigenvalue weighted by molar-refractivity contribution is -0.128. The molecule has 1 unspecified atom stereocenters. The van der Waals surface area contributed by atoms with Gasteiger partial charge in [-0.05, 0) is 30.0 Å². The van der Waals surface area contributed by atoms with E-state index < -0.39 is 0 Å². The molecule has 0 bridgehead atoms. The summed E-state index contributed by atoms with van der Waals surface area (Å²) in [5, 5.41) is 0. The van der Waals surface area contributed by atoms with Gasteiger partial charge in [-0.25, -0.2) is 0 Å². The van der Waals surface area contributed by atoms with Gasteiger partial charge in [0, 0.05) is 25.1 Å². The number of hydrogen-bond donors (Lipinski definition) is 1. The van der Waals surface area contributed by atoms with E-state index in [1.807, 2.05) is 30.0 Å². The molecule has 1 fully saturated rings. The molecule has 0 saturated carbocycles. The van der Waals surface area contributed by atoms with Crippen molar-refractivity contribution >= 4 is 23.1 Å². The molecule has 0 spiro atoms. The van der Waals surface area contributed by atoms with Crippen molar-refractivity contribution in [3.05, 3.63) is 34.9 Å². The Hall–Kier alpha value is -1.42. The van der Waals surface area contributed by atoms with E-state index in [1.54, 1.807) is 0 Å². The van der Waals surface area contributed by atoms with Crippen LogP contribution < -0.4 is 5.73 Å². The van der Waals surface area contributed by atoms with Crippen LogP contribution in [0.15, 0.2) is 18.2 Å². The molecular formula is C15H20N2OS. The lowest BCUT2D eigenvalue weighted by Gasteiger charge is -2.18. The quantitative estimate of drug-likeness (QED) is 0.859. The average molecular weight is 276 g/mol. The Balaban J connectivity index is 2.12. The van der Waals surface area contributed by atoms with Crippen molar-refractivity contribution in [3.63, 3.8) is 0 Å². The van der Waals surface area contributed by atoms with Crippen LogP contribution in [0.4, 0.5) is 0 Å². The molecule has 19 heavy (non-hydrogen) atoms. The number of hydrogen-bond acceptors (Lipinski definition) is 2. The number of likely N-dealkylation sites (tertiary alicyclic amines) is 1. The Morgan fingerprint density at radius 1 is 1.53 bits per heavy atom. The molecule has 1 aliphatic rings. The zero-order chi connectivity index (χ0) is 14.0. The maximum Gasteiger partial charge on any atom is 0.223 e. The minimum Gasteiger partial charge on any atom is -0.389 e. The van der Waals surface area contributed by atoms with Gasteiger partial charge < -0.3 is 10.6 Å². The van der Waals surface area contributed by atoms with E-state index in [4.69, 9.17) is 18.0 Å². The van der Waals surface area contributed by atoms with E-state index >= 15 is 0 Å². The van der Waals surface area contributed by atoms with Crippen LogP contribution in [0.3, 0.4) is 0 Å². The zero-order valence-corrected chi connectivity index (χ0v) is 12.3. The summed E-state index contributed by atoms with van der Waals surface area (Å²) in [7, 11) is 0. The first kappa shape index (κ1) is 14.0. The largest absolute Gasteiger partial charge is 0.389 e. The topological polar surface area (TPSA) is 46.3 Å². The fourth-order valence-electron chi connectivity index (χ4n) is 2.51. The molecular weight excluding hydrogens is 256 g/mol. The Labute approximate surface area is 119 Å². The number of carbonyl (C=O) groups excluding carboxylic acids is 1. The van der Waals surface area contributed by atoms with Crippen LogP contribution in [0.1, 0.15) is 36.5 Å². The van der Waals surface area contributed by atoms with E-state index in [0.717, 1.165) is 24.1 Å². The third-order valence-electron chi connectivity index (χ3n) is 3.86. The second-order valence-corrected chi connectivity index (χ2v) is 5.70. The Morgan fingerprint density at radius 2 is 2.26 bits per heavy atom. The van der Waals surface area contributed by atoms with Crippen molar-refractivity contribution in [1.82, 2.24) is 4.90 Å². The van der Waals surface area contributed by atoms with Crippen molar-refractivity contribution < 1.29 is 4.79 Å². The molecule has 4 heteroatoms. The maximum absolute atomic E-state index is 11.9. The lowest BCUT2D eigenvalue weighted by Crippen LogP contribution is -2.25. The summed E-state index contributed by atoms with van der Waals surface area (Å²) in [6.07, 6.45) is 1.77. The molecule has 0 aliphatic carbocycles. The van der Waals surface area contributed by atoms with Crippen molar-refractivity contribution in [1.29, 1.82) is 0 Å². The van der Waals surface area contributed by atoms with Gasteiger partial charge >= 0.3 is 0 Å². The SMILES string of the molecule is CCC1CC(=O)N(Cc2ccc(C(N)=S)cc2C)C1. The monoisotopic (exact) mass is 276 g/mol. The number of nitrogens with zero attached hydrogens (tertiary/aromatic N) is 1. The molecule has 0 aromatic heterocycles. The minimum absolute atomic E-state index is 0.268. The van der Waals surface area contributed by atoms with Crippen molar-refractivity contribution in [2.75, 3.05) is 6.54 Å². The van der Waals surface area contributed by atoms with Crippen molar-refractivity contribution in [2.24, 2.45) is 11.7 Å². The van der Waals surface area contributed by atoms with Gasteiger partial charge in [0.25, 0.3) is 0 Å². The molecule has 1 heterocycles. The first-order valence-electron chi connectivity index (χ1n) is 6.68. The highest BCUT2D eigenvalue weighted by atomic mass is 32.1. The summed E-state index contributed by atoms with van der Waals surface area (Å²) in [6.45, 7) is 5.75. The molecule has 1 amide bonds. The summed E-state index contributed by atoms with van der Waals surface area (Å²) in [5.41, 5.74) is 8.81. The van der Waals surface area contributed by atoms with E-state index in [0.29, 0.717) is 23.9 Å². The highest BCUT2D eigenvalue weighted by molar-refractivity contribution is 7.80. The summed E-state index contributed by atoms with van der Waals surface area (Å²) in [6, 6.07) is 5.95. The third-order valence-corrected chi connectivity index (χ3v) is 4.10. The average Bonchev–Trinajstić information content (AvgIpc) is 2.72. The van der Waals surface area contributed by atoms with E-state index in [-0.39, 0.29) is 5.91 Å². The molecule has 2 N–H and O–H groups in total. The molecule has 2 rings (SSSR count). The van der Waals surface area contributed by atoms with E-state index in [2.05, 4.69) is 6.92 Å². The normalized spacial score (nSPS) is 18.9. The first-order chi connectivity index (χ1) is 9.01. The highest BCUT2D eigenvalue weighted by Crippen LogP contribution is 2.23. The van der Waals surface area contributed by atoms with Gasteiger partial charge in [-0.2, -0.15) is 0 Å². The van der Waals surface area contributed by atoms with Crippen molar-refractivity contribution in [3.8, 4) is 0 Å². The predicted molar refractivity (Wildman–Crippen MR) is 80.9 cm³/mol. The zero-order valence-electron chi connectivity index (χ0n) is 11.5. The van der Waals surface area contributed by atoms with Crippen LogP contribution >= 0.6 is 12.2 Å². The van der Waals surface area contributed by atoms with Gasteiger partial charge in [-0.3, -0.25) is 4.79 Å². The second kappa shape index (κ2) is 5.70. The Kier molecular flexibility index (Phi) is 4.20. The van der Waals surface area contributed by atoms with E-state index in [1.165, 1.54) is 5.56 Å². The molecule has 0 radical (unpaired) electrons. The maximum atomic E-state index is 11.9. The summed E-state index contributed by atoms with van der Waals surface area (Å²) in [5.74, 6) is 0.786. The van der Waals surface area contributed by atoms with Crippen LogP contribution in [0.25, 0.3) is 0 Å². The van der Waals surface area contributed by atoms with Gasteiger partial charge in [-0.1, -0.05) is 37.7 Å². The second-order valence-electron chi connectivity index (χ2n) is 5.26. The molecule has 3 nitrogen and oxygen atoms in total. The number of amides is 1. The Bertz CT molecular complexity index is 513. The smallest absolute Gasteiger partial charge is 0.223 e. The fourth-order valence-corrected chi connectivity index (χ4v) is 2.64. The number of carbonyl (C=O) groups is 1. The molecule has 1 aromatic carbocycles.